The summed E-state index contributed by atoms with van der Waals surface area (Å²) in [5.74, 6) is 0.590. The van der Waals surface area contributed by atoms with Crippen LogP contribution in [0.15, 0.2) is 60.7 Å². The molecule has 1 fully saturated rings. The topological polar surface area (TPSA) is 66.9 Å². The van der Waals surface area contributed by atoms with E-state index in [1.54, 1.807) is 30.2 Å². The van der Waals surface area contributed by atoms with Crippen LogP contribution in [-0.4, -0.2) is 56.8 Å². The average Bonchev–Trinajstić information content (AvgIpc) is 2.72. The van der Waals surface area contributed by atoms with E-state index in [1.165, 1.54) is 10.4 Å². The van der Waals surface area contributed by atoms with Gasteiger partial charge in [0.25, 0.3) is 0 Å². The largest absolute Gasteiger partial charge is 0.497 e. The van der Waals surface area contributed by atoms with Crippen LogP contribution in [0.25, 0.3) is 6.08 Å². The second-order valence-corrected chi connectivity index (χ2v) is 8.55. The van der Waals surface area contributed by atoms with Gasteiger partial charge in [-0.05, 0) is 29.3 Å². The van der Waals surface area contributed by atoms with Gasteiger partial charge in [0.1, 0.15) is 5.75 Å². The molecule has 1 aliphatic rings. The Morgan fingerprint density at radius 2 is 1.75 bits per heavy atom. The van der Waals surface area contributed by atoms with Gasteiger partial charge < -0.3 is 9.64 Å². The maximum Gasteiger partial charge on any atom is 0.246 e. The highest BCUT2D eigenvalue weighted by atomic mass is 32.2. The molecule has 0 N–H and O–H groups in total. The van der Waals surface area contributed by atoms with Crippen molar-refractivity contribution in [2.45, 2.75) is 5.75 Å². The Bertz CT molecular complexity index is 934. The lowest BCUT2D eigenvalue weighted by Crippen LogP contribution is -2.50. The summed E-state index contributed by atoms with van der Waals surface area (Å²) in [6, 6.07) is 16.6. The van der Waals surface area contributed by atoms with Crippen molar-refractivity contribution in [1.29, 1.82) is 0 Å². The first-order chi connectivity index (χ1) is 13.5. The van der Waals surface area contributed by atoms with E-state index >= 15 is 0 Å². The number of rotatable bonds is 6. The highest BCUT2D eigenvalue weighted by Crippen LogP contribution is 2.16. The fourth-order valence-corrected chi connectivity index (χ4v) is 4.60. The number of nitrogens with zero attached hydrogens (tertiary/aromatic N) is 2. The Hall–Kier alpha value is -2.64. The van der Waals surface area contributed by atoms with E-state index in [0.29, 0.717) is 26.2 Å². The van der Waals surface area contributed by atoms with E-state index in [2.05, 4.69) is 0 Å². The fraction of sp³-hybridized carbons (Fsp3) is 0.286. The second-order valence-electron chi connectivity index (χ2n) is 6.58. The van der Waals surface area contributed by atoms with E-state index in [1.807, 2.05) is 42.5 Å². The molecule has 0 saturated carbocycles. The summed E-state index contributed by atoms with van der Waals surface area (Å²) in [6.45, 7) is 1.40. The van der Waals surface area contributed by atoms with Gasteiger partial charge in [-0.15, -0.1) is 0 Å². The zero-order valence-electron chi connectivity index (χ0n) is 15.8. The molecule has 0 atom stereocenters. The van der Waals surface area contributed by atoms with Crippen LogP contribution in [0, 0.1) is 0 Å². The summed E-state index contributed by atoms with van der Waals surface area (Å²) in [5.41, 5.74) is 1.64. The van der Waals surface area contributed by atoms with Crippen LogP contribution in [0.2, 0.25) is 0 Å². The van der Waals surface area contributed by atoms with Gasteiger partial charge in [0, 0.05) is 32.3 Å². The van der Waals surface area contributed by atoms with Gasteiger partial charge in [-0.1, -0.05) is 42.5 Å². The van der Waals surface area contributed by atoms with Gasteiger partial charge >= 0.3 is 0 Å². The molecule has 0 bridgehead atoms. The number of carbonyl (C=O) groups is 1. The van der Waals surface area contributed by atoms with Crippen molar-refractivity contribution in [3.8, 4) is 5.75 Å². The van der Waals surface area contributed by atoms with Crippen molar-refractivity contribution in [2.24, 2.45) is 0 Å². The summed E-state index contributed by atoms with van der Waals surface area (Å²) in [7, 11) is -1.79. The van der Waals surface area contributed by atoms with E-state index < -0.39 is 10.0 Å². The first kappa shape index (κ1) is 20.1. The molecular weight excluding hydrogens is 376 g/mol. The van der Waals surface area contributed by atoms with Crippen molar-refractivity contribution in [2.75, 3.05) is 33.3 Å². The van der Waals surface area contributed by atoms with E-state index in [0.717, 1.165) is 16.9 Å². The lowest BCUT2D eigenvalue weighted by atomic mass is 10.2. The van der Waals surface area contributed by atoms with E-state index in [4.69, 9.17) is 4.74 Å². The predicted molar refractivity (Wildman–Crippen MR) is 109 cm³/mol. The molecule has 1 saturated heterocycles. The van der Waals surface area contributed by atoms with Crippen LogP contribution in [0.5, 0.6) is 5.75 Å². The molecule has 148 valence electrons. The third kappa shape index (κ3) is 5.21. The molecule has 0 aliphatic carbocycles. The molecule has 1 heterocycles. The summed E-state index contributed by atoms with van der Waals surface area (Å²) in [6.07, 6.45) is 3.26. The number of benzene rings is 2. The highest BCUT2D eigenvalue weighted by molar-refractivity contribution is 7.88. The SMILES string of the molecule is COc1cccc(/C=C/C(=O)N2CCN(S(=O)(=O)Cc3ccccc3)CC2)c1. The molecule has 1 aliphatic heterocycles. The second kappa shape index (κ2) is 9.03. The van der Waals surface area contributed by atoms with Crippen LogP contribution >= 0.6 is 0 Å². The van der Waals surface area contributed by atoms with Crippen LogP contribution in [0.1, 0.15) is 11.1 Å². The Kier molecular flexibility index (Phi) is 6.49. The minimum absolute atomic E-state index is 0.0163. The number of ether oxygens (including phenoxy) is 1. The molecular formula is C21H24N2O4S. The normalized spacial score (nSPS) is 15.7. The fourth-order valence-electron chi connectivity index (χ4n) is 3.08. The number of hydrogen-bond donors (Lipinski definition) is 0. The van der Waals surface area contributed by atoms with E-state index in [9.17, 15) is 13.2 Å². The van der Waals surface area contributed by atoms with Crippen molar-refractivity contribution in [3.05, 3.63) is 71.8 Å². The van der Waals surface area contributed by atoms with Gasteiger partial charge in [0.2, 0.25) is 15.9 Å². The summed E-state index contributed by atoms with van der Waals surface area (Å²) < 4.78 is 31.8. The van der Waals surface area contributed by atoms with Crippen molar-refractivity contribution < 1.29 is 17.9 Å². The third-order valence-corrected chi connectivity index (χ3v) is 6.50. The van der Waals surface area contributed by atoms with Gasteiger partial charge in [0.05, 0.1) is 12.9 Å². The lowest BCUT2D eigenvalue weighted by molar-refractivity contribution is -0.127. The zero-order valence-corrected chi connectivity index (χ0v) is 16.6. The summed E-state index contributed by atoms with van der Waals surface area (Å²) in [4.78, 5) is 14.1. The van der Waals surface area contributed by atoms with Crippen molar-refractivity contribution in [3.63, 3.8) is 0 Å². The Morgan fingerprint density at radius 3 is 2.43 bits per heavy atom. The van der Waals surface area contributed by atoms with Crippen LogP contribution in [-0.2, 0) is 20.6 Å². The van der Waals surface area contributed by atoms with Gasteiger partial charge in [-0.2, -0.15) is 4.31 Å². The summed E-state index contributed by atoms with van der Waals surface area (Å²) in [5, 5.41) is 0. The molecule has 0 aromatic heterocycles. The molecule has 7 heteroatoms. The molecule has 6 nitrogen and oxygen atoms in total. The number of hydrogen-bond acceptors (Lipinski definition) is 4. The minimum atomic E-state index is -3.39. The molecule has 0 spiro atoms. The smallest absolute Gasteiger partial charge is 0.246 e. The Morgan fingerprint density at radius 1 is 1.04 bits per heavy atom. The van der Waals surface area contributed by atoms with Crippen LogP contribution in [0.3, 0.4) is 0 Å². The van der Waals surface area contributed by atoms with Gasteiger partial charge in [0.15, 0.2) is 0 Å². The molecule has 2 aromatic rings. The molecule has 28 heavy (non-hydrogen) atoms. The first-order valence-electron chi connectivity index (χ1n) is 9.11. The number of carbonyl (C=O) groups excluding carboxylic acids is 1. The molecule has 0 radical (unpaired) electrons. The van der Waals surface area contributed by atoms with Crippen LogP contribution in [0.4, 0.5) is 0 Å². The minimum Gasteiger partial charge on any atom is -0.497 e. The number of methoxy groups -OCH3 is 1. The van der Waals surface area contributed by atoms with Crippen molar-refractivity contribution >= 4 is 22.0 Å². The van der Waals surface area contributed by atoms with Crippen LogP contribution < -0.4 is 4.74 Å². The van der Waals surface area contributed by atoms with E-state index in [-0.39, 0.29) is 11.7 Å². The lowest BCUT2D eigenvalue weighted by Gasteiger charge is -2.33. The predicted octanol–water partition coefficient (Wildman–Crippen LogP) is 2.38. The van der Waals surface area contributed by atoms with Gasteiger partial charge in [-0.25, -0.2) is 8.42 Å². The molecule has 0 unspecified atom stereocenters. The standard InChI is InChI=1S/C21H24N2O4S/c1-27-20-9-5-8-18(16-20)10-11-21(24)22-12-14-23(15-13-22)28(25,26)17-19-6-3-2-4-7-19/h2-11,16H,12-15,17H2,1H3/b11-10+. The molecule has 3 rings (SSSR count). The number of amides is 1. The first-order valence-corrected chi connectivity index (χ1v) is 10.7. The monoisotopic (exact) mass is 400 g/mol. The summed E-state index contributed by atoms with van der Waals surface area (Å²) >= 11 is 0. The third-order valence-electron chi connectivity index (χ3n) is 4.65. The maximum atomic E-state index is 12.6. The zero-order chi connectivity index (χ0) is 20.0. The van der Waals surface area contributed by atoms with Gasteiger partial charge in [-0.3, -0.25) is 4.79 Å². The maximum absolute atomic E-state index is 12.6. The number of sulfonamides is 1. The Balaban J connectivity index is 1.55. The highest BCUT2D eigenvalue weighted by Gasteiger charge is 2.28. The quantitative estimate of drug-likeness (QED) is 0.699. The Labute approximate surface area is 166 Å². The van der Waals surface area contributed by atoms with Crippen molar-refractivity contribution in [1.82, 2.24) is 9.21 Å². The number of piperazine rings is 1. The average molecular weight is 401 g/mol. The molecule has 2 aromatic carbocycles. The molecule has 1 amide bonds.